The molecule has 2 saturated heterocycles. The van der Waals surface area contributed by atoms with Crippen molar-refractivity contribution in [1.29, 1.82) is 0 Å². The highest BCUT2D eigenvalue weighted by Gasteiger charge is 2.49. The molecular formula is C40H52N4O7S. The number of ether oxygens (including phenoxy) is 4. The zero-order valence-electron chi connectivity index (χ0n) is 30.6. The van der Waals surface area contributed by atoms with Crippen molar-refractivity contribution < 1.29 is 32.7 Å². The molecule has 1 saturated carbocycles. The van der Waals surface area contributed by atoms with E-state index in [1.54, 1.807) is 18.1 Å². The maximum atomic E-state index is 14.6. The van der Waals surface area contributed by atoms with Gasteiger partial charge in [0.25, 0.3) is 5.91 Å². The second-order valence-electron chi connectivity index (χ2n) is 16.2. The van der Waals surface area contributed by atoms with Gasteiger partial charge in [0.1, 0.15) is 21.3 Å². The van der Waals surface area contributed by atoms with Gasteiger partial charge in [-0.1, -0.05) is 42.8 Å². The molecular weight excluding hydrogens is 681 g/mol. The standard InChI is InChI=1S/C40H52N4O7S/c1-27-9-13-33-29(18-27)7-5-15-39(33)22-43-20-31-10-12-32(31)35(48-3)8-4-6-28(2)21-52(47,41-37(45)30-11-14-36(50-25-39)34(43)19-30)42-38(46)44-23-40(24-44)26-49-16-17-51-40/h4,8-9,11,13-14,18-19,28,31-32,35H,5-7,10,12,15-17,20-26H2,1-3H3,(H,41,42,45,46,47)/b8-4+/t28-,31-,32+,35-,39-,52?/m0/s1. The number of urea groups is 1. The molecule has 2 spiro atoms. The summed E-state index contributed by atoms with van der Waals surface area (Å²) in [6, 6.07) is 11.7. The lowest BCUT2D eigenvalue weighted by atomic mass is 9.68. The van der Waals surface area contributed by atoms with Gasteiger partial charge in [0.2, 0.25) is 0 Å². The van der Waals surface area contributed by atoms with Gasteiger partial charge in [0, 0.05) is 31.2 Å². The number of aryl methyl sites for hydroxylation is 2. The summed E-state index contributed by atoms with van der Waals surface area (Å²) in [5.74, 6) is 0.777. The Balaban J connectivity index is 1.15. The molecule has 11 nitrogen and oxygen atoms in total. The largest absolute Gasteiger partial charge is 0.490 e. The summed E-state index contributed by atoms with van der Waals surface area (Å²) in [5.41, 5.74) is 4.47. The second kappa shape index (κ2) is 14.1. The molecule has 1 unspecified atom stereocenters. The first-order valence-corrected chi connectivity index (χ1v) is 20.6. The Morgan fingerprint density at radius 3 is 2.73 bits per heavy atom. The Bertz CT molecular complexity index is 1860. The van der Waals surface area contributed by atoms with E-state index < -0.39 is 27.5 Å². The van der Waals surface area contributed by atoms with Crippen LogP contribution in [0.3, 0.4) is 0 Å². The van der Waals surface area contributed by atoms with Gasteiger partial charge < -0.3 is 28.7 Å². The molecule has 280 valence electrons. The van der Waals surface area contributed by atoms with Crippen molar-refractivity contribution in [3.8, 4) is 5.75 Å². The molecule has 6 atom stereocenters. The van der Waals surface area contributed by atoms with E-state index in [-0.39, 0.29) is 23.2 Å². The molecule has 6 aliphatic rings. The van der Waals surface area contributed by atoms with E-state index >= 15 is 0 Å². The predicted molar refractivity (Wildman–Crippen MR) is 199 cm³/mol. The van der Waals surface area contributed by atoms with E-state index in [9.17, 15) is 13.8 Å². The molecule has 4 aliphatic heterocycles. The zero-order chi connectivity index (χ0) is 36.1. The van der Waals surface area contributed by atoms with Crippen LogP contribution < -0.4 is 14.4 Å². The number of nitrogens with zero attached hydrogens (tertiary/aromatic N) is 3. The SMILES string of the molecule is CO[C@H]1/C=C/C[C@H](C)CS(=O)(NC(=O)N2CC3(COCCO3)C2)=NC(=O)c2ccc3c(c2)N(C[C@@H]2CC[C@H]21)C[C@@]1(CCCc2cc(C)ccc21)CO3. The highest BCUT2D eigenvalue weighted by molar-refractivity contribution is 7.92. The van der Waals surface area contributed by atoms with Gasteiger partial charge >= 0.3 is 6.03 Å². The Morgan fingerprint density at radius 1 is 1.10 bits per heavy atom. The number of allylic oxidation sites excluding steroid dienone is 1. The summed E-state index contributed by atoms with van der Waals surface area (Å²) in [6.45, 7) is 8.31. The van der Waals surface area contributed by atoms with Crippen LogP contribution in [0.4, 0.5) is 10.5 Å². The van der Waals surface area contributed by atoms with E-state index in [1.807, 2.05) is 19.1 Å². The third-order valence-electron chi connectivity index (χ3n) is 12.2. The van der Waals surface area contributed by atoms with Crippen LogP contribution in [0.25, 0.3) is 0 Å². The molecule has 0 radical (unpaired) electrons. The van der Waals surface area contributed by atoms with Gasteiger partial charge in [0.15, 0.2) is 0 Å². The molecule has 3 amide bonds. The quantitative estimate of drug-likeness (QED) is 0.406. The summed E-state index contributed by atoms with van der Waals surface area (Å²) in [4.78, 5) is 31.5. The molecule has 2 aromatic rings. The topological polar surface area (TPSA) is 119 Å². The fourth-order valence-corrected chi connectivity index (χ4v) is 11.2. The highest BCUT2D eigenvalue weighted by atomic mass is 32.2. The number of anilines is 1. The minimum Gasteiger partial charge on any atom is -0.490 e. The van der Waals surface area contributed by atoms with Crippen LogP contribution in [0.1, 0.15) is 66.1 Å². The minimum atomic E-state index is -3.50. The highest BCUT2D eigenvalue weighted by Crippen LogP contribution is 2.47. The summed E-state index contributed by atoms with van der Waals surface area (Å²) in [6.07, 6.45) is 10.2. The van der Waals surface area contributed by atoms with E-state index in [1.165, 1.54) is 16.7 Å². The van der Waals surface area contributed by atoms with Gasteiger partial charge in [-0.15, -0.1) is 4.36 Å². The van der Waals surface area contributed by atoms with Crippen molar-refractivity contribution >= 4 is 27.5 Å². The number of nitrogens with one attached hydrogen (secondary N) is 1. The summed E-state index contributed by atoms with van der Waals surface area (Å²) < 4.78 is 45.8. The lowest BCUT2D eigenvalue weighted by Crippen LogP contribution is -2.70. The smallest absolute Gasteiger partial charge is 0.330 e. The van der Waals surface area contributed by atoms with Crippen LogP contribution in [0, 0.1) is 24.7 Å². The Morgan fingerprint density at radius 2 is 1.96 bits per heavy atom. The number of fused-ring (bicyclic) bond motifs is 4. The number of hydrogen-bond acceptors (Lipinski definition) is 8. The molecule has 8 rings (SSSR count). The molecule has 12 heteroatoms. The van der Waals surface area contributed by atoms with Crippen LogP contribution in [0.5, 0.6) is 5.75 Å². The maximum absolute atomic E-state index is 14.6. The normalized spacial score (nSPS) is 33.3. The number of hydrogen-bond donors (Lipinski definition) is 1. The summed E-state index contributed by atoms with van der Waals surface area (Å²) in [5, 5.41) is 0. The molecule has 4 heterocycles. The third-order valence-corrected chi connectivity index (χ3v) is 14.2. The van der Waals surface area contributed by atoms with Crippen LogP contribution >= 0.6 is 0 Å². The number of methoxy groups -OCH3 is 1. The first-order chi connectivity index (χ1) is 25.1. The van der Waals surface area contributed by atoms with Gasteiger partial charge in [-0.2, -0.15) is 0 Å². The van der Waals surface area contributed by atoms with E-state index in [2.05, 4.69) is 51.3 Å². The lowest BCUT2D eigenvalue weighted by molar-refractivity contribution is -0.205. The average molecular weight is 733 g/mol. The Labute approximate surface area is 307 Å². The molecule has 52 heavy (non-hydrogen) atoms. The van der Waals surface area contributed by atoms with Crippen LogP contribution in [0.15, 0.2) is 52.9 Å². The van der Waals surface area contributed by atoms with Crippen LogP contribution in [-0.2, 0) is 36.0 Å². The van der Waals surface area contributed by atoms with Gasteiger partial charge in [0.05, 0.1) is 57.1 Å². The molecule has 3 fully saturated rings. The number of carbonyl (C=O) groups excluding carboxylic acids is 2. The van der Waals surface area contributed by atoms with Gasteiger partial charge in [-0.3, -0.25) is 9.52 Å². The molecule has 1 N–H and O–H groups in total. The third kappa shape index (κ3) is 6.87. The Hall–Kier alpha value is -3.45. The number of carbonyl (C=O) groups is 2. The monoisotopic (exact) mass is 732 g/mol. The van der Waals surface area contributed by atoms with Crippen LogP contribution in [0.2, 0.25) is 0 Å². The van der Waals surface area contributed by atoms with Crippen molar-refractivity contribution in [3.05, 3.63) is 70.8 Å². The Kier molecular flexibility index (Phi) is 9.63. The average Bonchev–Trinajstić information content (AvgIpc) is 3.24. The lowest BCUT2D eigenvalue weighted by Gasteiger charge is -2.50. The fraction of sp³-hybridized carbons (Fsp3) is 0.600. The van der Waals surface area contributed by atoms with Gasteiger partial charge in [-0.05, 0) is 92.5 Å². The van der Waals surface area contributed by atoms with Gasteiger partial charge in [-0.25, -0.2) is 9.00 Å². The number of likely N-dealkylation sites (tertiary alicyclic amines) is 1. The first kappa shape index (κ1) is 35.6. The summed E-state index contributed by atoms with van der Waals surface area (Å²) >= 11 is 0. The number of benzene rings is 2. The predicted octanol–water partition coefficient (Wildman–Crippen LogP) is 5.44. The molecule has 0 aromatic heterocycles. The summed E-state index contributed by atoms with van der Waals surface area (Å²) in [7, 11) is -1.73. The number of amides is 3. The molecule has 2 bridgehead atoms. The van der Waals surface area contributed by atoms with E-state index in [0.717, 1.165) is 56.6 Å². The molecule has 2 aliphatic carbocycles. The fourth-order valence-electron chi connectivity index (χ4n) is 9.32. The molecule has 2 aromatic carbocycles. The van der Waals surface area contributed by atoms with Crippen molar-refractivity contribution in [2.45, 2.75) is 69.5 Å². The van der Waals surface area contributed by atoms with Crippen molar-refractivity contribution in [1.82, 2.24) is 9.62 Å². The van der Waals surface area contributed by atoms with Crippen LogP contribution in [-0.4, -0.2) is 98.2 Å². The van der Waals surface area contributed by atoms with Crippen molar-refractivity contribution in [2.24, 2.45) is 22.1 Å². The first-order valence-electron chi connectivity index (χ1n) is 19.0. The number of rotatable bonds is 2. The van der Waals surface area contributed by atoms with E-state index in [4.69, 9.17) is 18.9 Å². The maximum Gasteiger partial charge on any atom is 0.330 e. The second-order valence-corrected chi connectivity index (χ2v) is 18.2. The minimum absolute atomic E-state index is 0.0265. The zero-order valence-corrected chi connectivity index (χ0v) is 31.5. The van der Waals surface area contributed by atoms with Crippen molar-refractivity contribution in [2.75, 3.05) is 70.4 Å². The van der Waals surface area contributed by atoms with Crippen molar-refractivity contribution in [3.63, 3.8) is 0 Å². The van der Waals surface area contributed by atoms with E-state index in [0.29, 0.717) is 63.3 Å².